The number of hydrogen-bond donors (Lipinski definition) is 1. The van der Waals surface area contributed by atoms with Crippen molar-refractivity contribution in [1.82, 2.24) is 15.3 Å². The molecule has 3 aromatic rings. The molecule has 1 N–H and O–H groups in total. The van der Waals surface area contributed by atoms with Crippen molar-refractivity contribution in [3.8, 4) is 5.88 Å². The summed E-state index contributed by atoms with van der Waals surface area (Å²) in [4.78, 5) is 11.2. The fourth-order valence-electron chi connectivity index (χ4n) is 3.47. The Bertz CT molecular complexity index is 879. The van der Waals surface area contributed by atoms with Gasteiger partial charge in [-0.2, -0.15) is 4.98 Å². The van der Waals surface area contributed by atoms with Gasteiger partial charge in [0.05, 0.1) is 12.4 Å². The Kier molecular flexibility index (Phi) is 6.15. The molecule has 1 aromatic heterocycles. The monoisotopic (exact) mass is 374 g/mol. The number of aromatic nitrogens is 2. The quantitative estimate of drug-likeness (QED) is 0.688. The number of nitrogens with zero attached hydrogens (tertiary/aromatic N) is 3. The largest absolute Gasteiger partial charge is 0.472 e. The molecule has 28 heavy (non-hydrogen) atoms. The van der Waals surface area contributed by atoms with Crippen LogP contribution in [0.15, 0.2) is 67.0 Å². The molecule has 2 heterocycles. The Hall–Kier alpha value is -2.92. The van der Waals surface area contributed by atoms with Crippen molar-refractivity contribution < 1.29 is 4.74 Å². The summed E-state index contributed by atoms with van der Waals surface area (Å²) >= 11 is 0. The number of aryl methyl sites for hydroxylation is 2. The number of ether oxygens (including phenoxy) is 1. The molecule has 4 rings (SSSR count). The van der Waals surface area contributed by atoms with Gasteiger partial charge in [0.1, 0.15) is 6.61 Å². The first-order chi connectivity index (χ1) is 13.9. The van der Waals surface area contributed by atoms with Crippen LogP contribution in [0, 0.1) is 0 Å². The molecule has 0 saturated carbocycles. The summed E-state index contributed by atoms with van der Waals surface area (Å²) in [6.45, 7) is 4.34. The molecule has 0 radical (unpaired) electrons. The Morgan fingerprint density at radius 2 is 1.61 bits per heavy atom. The van der Waals surface area contributed by atoms with Gasteiger partial charge in [0.15, 0.2) is 5.82 Å². The van der Waals surface area contributed by atoms with Crippen molar-refractivity contribution in [1.29, 1.82) is 0 Å². The highest BCUT2D eigenvalue weighted by atomic mass is 16.5. The van der Waals surface area contributed by atoms with Crippen LogP contribution < -0.4 is 15.0 Å². The number of rotatable bonds is 7. The van der Waals surface area contributed by atoms with E-state index >= 15 is 0 Å². The maximum atomic E-state index is 6.00. The molecule has 0 spiro atoms. The maximum absolute atomic E-state index is 6.00. The van der Waals surface area contributed by atoms with Crippen LogP contribution >= 0.6 is 0 Å². The van der Waals surface area contributed by atoms with Crippen molar-refractivity contribution in [2.24, 2.45) is 0 Å². The second-order valence-electron chi connectivity index (χ2n) is 7.00. The van der Waals surface area contributed by atoms with E-state index in [1.807, 2.05) is 6.20 Å². The summed E-state index contributed by atoms with van der Waals surface area (Å²) in [6.07, 6.45) is 5.52. The number of benzene rings is 2. The lowest BCUT2D eigenvalue weighted by molar-refractivity contribution is 0.291. The molecule has 0 atom stereocenters. The van der Waals surface area contributed by atoms with Crippen molar-refractivity contribution in [3.05, 3.63) is 83.7 Å². The summed E-state index contributed by atoms with van der Waals surface area (Å²) in [5.41, 5.74) is 3.87. The molecule has 5 heteroatoms. The number of nitrogens with one attached hydrogen (secondary N) is 1. The van der Waals surface area contributed by atoms with Crippen LogP contribution in [0.25, 0.3) is 0 Å². The van der Waals surface area contributed by atoms with Gasteiger partial charge in [-0.15, -0.1) is 0 Å². The highest BCUT2D eigenvalue weighted by Gasteiger charge is 2.13. The van der Waals surface area contributed by atoms with Crippen molar-refractivity contribution in [3.63, 3.8) is 0 Å². The van der Waals surface area contributed by atoms with Crippen LogP contribution in [-0.2, 0) is 19.4 Å². The molecule has 2 aromatic carbocycles. The fraction of sp³-hybridized carbons (Fsp3) is 0.304. The predicted octanol–water partition coefficient (Wildman–Crippen LogP) is 3.25. The summed E-state index contributed by atoms with van der Waals surface area (Å²) in [6, 6.07) is 19.1. The van der Waals surface area contributed by atoms with Crippen molar-refractivity contribution >= 4 is 5.82 Å². The third-order valence-corrected chi connectivity index (χ3v) is 5.06. The minimum absolute atomic E-state index is 0.505. The smallest absolute Gasteiger partial charge is 0.234 e. The first kappa shape index (κ1) is 18.4. The van der Waals surface area contributed by atoms with Crippen LogP contribution in [0.5, 0.6) is 5.88 Å². The Balaban J connectivity index is 1.39. The minimum Gasteiger partial charge on any atom is -0.472 e. The highest BCUT2D eigenvalue weighted by molar-refractivity contribution is 5.38. The van der Waals surface area contributed by atoms with E-state index in [4.69, 9.17) is 4.74 Å². The van der Waals surface area contributed by atoms with Gasteiger partial charge in [0.25, 0.3) is 0 Å². The summed E-state index contributed by atoms with van der Waals surface area (Å²) in [7, 11) is 0. The lowest BCUT2D eigenvalue weighted by Crippen LogP contribution is -2.43. The topological polar surface area (TPSA) is 50.3 Å². The lowest BCUT2D eigenvalue weighted by Gasteiger charge is -2.28. The molecule has 1 saturated heterocycles. The SMILES string of the molecule is c1ccc(CCc2ccccc2COc2cncc(N3CCNCC3)n2)cc1. The van der Waals surface area contributed by atoms with E-state index in [-0.39, 0.29) is 0 Å². The zero-order chi connectivity index (χ0) is 19.0. The third-order valence-electron chi connectivity index (χ3n) is 5.06. The van der Waals surface area contributed by atoms with Crippen LogP contribution in [0.4, 0.5) is 5.82 Å². The molecule has 0 unspecified atom stereocenters. The number of piperazine rings is 1. The molecule has 0 bridgehead atoms. The van der Waals surface area contributed by atoms with Gasteiger partial charge >= 0.3 is 0 Å². The first-order valence-electron chi connectivity index (χ1n) is 9.90. The zero-order valence-electron chi connectivity index (χ0n) is 16.1. The molecule has 0 amide bonds. The second-order valence-corrected chi connectivity index (χ2v) is 7.00. The minimum atomic E-state index is 0.505. The summed E-state index contributed by atoms with van der Waals surface area (Å²) < 4.78 is 6.00. The second kappa shape index (κ2) is 9.33. The Labute approximate surface area is 166 Å². The van der Waals surface area contributed by atoms with Gasteiger partial charge in [-0.25, -0.2) is 0 Å². The van der Waals surface area contributed by atoms with E-state index in [1.54, 1.807) is 6.20 Å². The molecule has 144 valence electrons. The molecule has 1 fully saturated rings. The Morgan fingerprint density at radius 3 is 2.43 bits per heavy atom. The van der Waals surface area contributed by atoms with Crippen molar-refractivity contribution in [2.75, 3.05) is 31.1 Å². The molecular weight excluding hydrogens is 348 g/mol. The summed E-state index contributed by atoms with van der Waals surface area (Å²) in [5.74, 6) is 1.46. The van der Waals surface area contributed by atoms with E-state index < -0.39 is 0 Å². The molecule has 1 aliphatic heterocycles. The average molecular weight is 374 g/mol. The third kappa shape index (κ3) is 4.87. The van der Waals surface area contributed by atoms with E-state index in [1.165, 1.54) is 16.7 Å². The van der Waals surface area contributed by atoms with E-state index in [9.17, 15) is 0 Å². The standard InChI is InChI=1S/C23H26N4O/c1-2-6-19(7-3-1)10-11-20-8-4-5-9-21(20)18-28-23-17-25-16-22(26-23)27-14-12-24-13-15-27/h1-9,16-17,24H,10-15,18H2. The van der Waals surface area contributed by atoms with Gasteiger partial charge in [-0.3, -0.25) is 4.98 Å². The van der Waals surface area contributed by atoms with E-state index in [0.717, 1.165) is 44.8 Å². The number of hydrogen-bond acceptors (Lipinski definition) is 5. The van der Waals surface area contributed by atoms with Gasteiger partial charge in [-0.1, -0.05) is 54.6 Å². The molecule has 5 nitrogen and oxygen atoms in total. The molecule has 0 aliphatic carbocycles. The normalized spacial score (nSPS) is 14.1. The van der Waals surface area contributed by atoms with Crippen LogP contribution in [0.2, 0.25) is 0 Å². The van der Waals surface area contributed by atoms with Crippen LogP contribution in [0.3, 0.4) is 0 Å². The van der Waals surface area contributed by atoms with Crippen molar-refractivity contribution in [2.45, 2.75) is 19.4 Å². The fourth-order valence-corrected chi connectivity index (χ4v) is 3.47. The van der Waals surface area contributed by atoms with E-state index in [2.05, 4.69) is 74.8 Å². The molecular formula is C23H26N4O. The number of anilines is 1. The van der Waals surface area contributed by atoms with E-state index in [0.29, 0.717) is 12.5 Å². The van der Waals surface area contributed by atoms with Crippen LogP contribution in [0.1, 0.15) is 16.7 Å². The molecule has 1 aliphatic rings. The van der Waals surface area contributed by atoms with Gasteiger partial charge in [0.2, 0.25) is 5.88 Å². The zero-order valence-corrected chi connectivity index (χ0v) is 16.1. The van der Waals surface area contributed by atoms with Gasteiger partial charge in [-0.05, 0) is 29.5 Å². The van der Waals surface area contributed by atoms with Gasteiger partial charge < -0.3 is 15.0 Å². The first-order valence-corrected chi connectivity index (χ1v) is 9.90. The lowest BCUT2D eigenvalue weighted by atomic mass is 10.0. The predicted molar refractivity (Wildman–Crippen MR) is 112 cm³/mol. The van der Waals surface area contributed by atoms with Gasteiger partial charge in [0, 0.05) is 26.2 Å². The summed E-state index contributed by atoms with van der Waals surface area (Å²) in [5, 5.41) is 3.35. The highest BCUT2D eigenvalue weighted by Crippen LogP contribution is 2.18. The van der Waals surface area contributed by atoms with Crippen LogP contribution in [-0.4, -0.2) is 36.1 Å². The Morgan fingerprint density at radius 1 is 0.857 bits per heavy atom. The maximum Gasteiger partial charge on any atom is 0.234 e. The average Bonchev–Trinajstić information content (AvgIpc) is 2.78.